The summed E-state index contributed by atoms with van der Waals surface area (Å²) >= 11 is 6.29. The zero-order valence-electron chi connectivity index (χ0n) is 25.5. The number of benzene rings is 4. The topological polar surface area (TPSA) is 86.8 Å². The lowest BCUT2D eigenvalue weighted by Gasteiger charge is -2.34. The highest BCUT2D eigenvalue weighted by Crippen LogP contribution is 2.27. The molecule has 0 unspecified atom stereocenters. The van der Waals surface area contributed by atoms with Crippen LogP contribution in [0.5, 0.6) is 0 Å². The highest BCUT2D eigenvalue weighted by Gasteiger charge is 2.34. The number of anilines is 1. The van der Waals surface area contributed by atoms with Crippen molar-refractivity contribution in [2.45, 2.75) is 51.6 Å². The first-order valence-corrected chi connectivity index (χ1v) is 16.3. The number of hydrogen-bond donors (Lipinski definition) is 1. The third-order valence-electron chi connectivity index (χ3n) is 7.25. The summed E-state index contributed by atoms with van der Waals surface area (Å²) in [5, 5.41) is 3.36. The summed E-state index contributed by atoms with van der Waals surface area (Å²) in [6, 6.07) is 27.6. The molecule has 7 nitrogen and oxygen atoms in total. The number of amides is 2. The first-order valence-electron chi connectivity index (χ1n) is 14.5. The van der Waals surface area contributed by atoms with Crippen LogP contribution in [0.15, 0.2) is 102 Å². The van der Waals surface area contributed by atoms with Crippen molar-refractivity contribution >= 4 is 39.1 Å². The van der Waals surface area contributed by atoms with Crippen LogP contribution < -0.4 is 9.62 Å². The van der Waals surface area contributed by atoms with Crippen molar-refractivity contribution < 1.29 is 18.0 Å². The molecule has 0 saturated carbocycles. The quantitative estimate of drug-likeness (QED) is 0.201. The maximum Gasteiger partial charge on any atom is 0.264 e. The van der Waals surface area contributed by atoms with Crippen LogP contribution in [0.25, 0.3) is 0 Å². The van der Waals surface area contributed by atoms with E-state index in [-0.39, 0.29) is 23.8 Å². The zero-order valence-corrected chi connectivity index (χ0v) is 27.0. The van der Waals surface area contributed by atoms with E-state index in [1.54, 1.807) is 54.6 Å². The minimum absolute atomic E-state index is 0.0549. The predicted octanol–water partition coefficient (Wildman–Crippen LogP) is 6.24. The number of carbonyl (C=O) groups excluding carboxylic acids is 2. The van der Waals surface area contributed by atoms with E-state index in [9.17, 15) is 18.0 Å². The van der Waals surface area contributed by atoms with E-state index in [0.29, 0.717) is 22.8 Å². The minimum Gasteiger partial charge on any atom is -0.355 e. The molecule has 0 radical (unpaired) electrons. The first kappa shape index (κ1) is 32.8. The van der Waals surface area contributed by atoms with Crippen molar-refractivity contribution in [2.24, 2.45) is 0 Å². The van der Waals surface area contributed by atoms with Gasteiger partial charge in [0, 0.05) is 24.5 Å². The Hall–Kier alpha value is -4.14. The summed E-state index contributed by atoms with van der Waals surface area (Å²) in [6.07, 6.45) is 0.243. The van der Waals surface area contributed by atoms with Crippen molar-refractivity contribution in [3.8, 4) is 0 Å². The molecular formula is C35H38ClN3O4S. The van der Waals surface area contributed by atoms with Gasteiger partial charge in [-0.3, -0.25) is 13.9 Å². The highest BCUT2D eigenvalue weighted by atomic mass is 35.5. The second-order valence-corrected chi connectivity index (χ2v) is 13.2. The smallest absolute Gasteiger partial charge is 0.264 e. The van der Waals surface area contributed by atoms with Gasteiger partial charge in [0.15, 0.2) is 0 Å². The molecule has 2 amide bonds. The first-order chi connectivity index (χ1) is 21.0. The molecule has 1 N–H and O–H groups in total. The molecule has 1 atom stereocenters. The van der Waals surface area contributed by atoms with E-state index in [1.807, 2.05) is 70.2 Å². The number of carbonyl (C=O) groups is 2. The van der Waals surface area contributed by atoms with E-state index >= 15 is 0 Å². The van der Waals surface area contributed by atoms with Crippen LogP contribution in [-0.2, 0) is 32.6 Å². The fourth-order valence-corrected chi connectivity index (χ4v) is 6.75. The van der Waals surface area contributed by atoms with Crippen molar-refractivity contribution in [1.29, 1.82) is 0 Å². The monoisotopic (exact) mass is 631 g/mol. The molecule has 4 aromatic carbocycles. The molecule has 44 heavy (non-hydrogen) atoms. The van der Waals surface area contributed by atoms with Gasteiger partial charge >= 0.3 is 0 Å². The van der Waals surface area contributed by atoms with Gasteiger partial charge in [-0.1, -0.05) is 77.8 Å². The lowest BCUT2D eigenvalue weighted by molar-refractivity contribution is -0.140. The SMILES string of the molecule is CCNC(=O)[C@@H](Cc1ccccc1)N(Cc1cccc(Cl)c1)C(=O)CN(c1cc(C)cc(C)c1)S(=O)(=O)c1ccc(C)cc1. The maximum atomic E-state index is 14.5. The van der Waals surface area contributed by atoms with Gasteiger partial charge in [0.2, 0.25) is 11.8 Å². The zero-order chi connectivity index (χ0) is 31.9. The molecule has 0 saturated heterocycles. The standard InChI is InChI=1S/C35H38ClN3O4S/c1-5-37-35(41)33(22-28-10-7-6-8-11-28)38(23-29-12-9-13-30(36)21-29)34(40)24-39(31-19-26(3)18-27(4)20-31)44(42,43)32-16-14-25(2)15-17-32/h6-21,33H,5,22-24H2,1-4H3,(H,37,41)/t33-/m1/s1. The maximum absolute atomic E-state index is 14.5. The largest absolute Gasteiger partial charge is 0.355 e. The van der Waals surface area contributed by atoms with E-state index in [2.05, 4.69) is 5.32 Å². The Balaban J connectivity index is 1.82. The molecule has 0 aliphatic carbocycles. The fraction of sp³-hybridized carbons (Fsp3) is 0.257. The van der Waals surface area contributed by atoms with Gasteiger partial charge in [-0.15, -0.1) is 0 Å². The van der Waals surface area contributed by atoms with Gasteiger partial charge in [-0.25, -0.2) is 8.42 Å². The fourth-order valence-electron chi connectivity index (χ4n) is 5.14. The van der Waals surface area contributed by atoms with Crippen LogP contribution in [-0.4, -0.2) is 44.3 Å². The summed E-state index contributed by atoms with van der Waals surface area (Å²) in [6.45, 7) is 7.38. The van der Waals surface area contributed by atoms with Crippen LogP contribution in [0, 0.1) is 20.8 Å². The lowest BCUT2D eigenvalue weighted by Crippen LogP contribution is -2.53. The average Bonchev–Trinajstić information content (AvgIpc) is 2.98. The summed E-state index contributed by atoms with van der Waals surface area (Å²) in [5.41, 5.74) is 4.58. The highest BCUT2D eigenvalue weighted by molar-refractivity contribution is 7.92. The van der Waals surface area contributed by atoms with E-state index in [1.165, 1.54) is 4.90 Å². The number of likely N-dealkylation sites (N-methyl/N-ethyl adjacent to an activating group) is 1. The van der Waals surface area contributed by atoms with Gasteiger partial charge in [0.05, 0.1) is 10.6 Å². The minimum atomic E-state index is -4.16. The number of rotatable bonds is 12. The molecule has 4 aromatic rings. The number of nitrogens with zero attached hydrogens (tertiary/aromatic N) is 2. The van der Waals surface area contributed by atoms with Crippen molar-refractivity contribution in [3.63, 3.8) is 0 Å². The van der Waals surface area contributed by atoms with Crippen LogP contribution >= 0.6 is 11.6 Å². The molecule has 4 rings (SSSR count). The number of sulfonamides is 1. The second-order valence-electron chi connectivity index (χ2n) is 10.9. The Bertz CT molecular complexity index is 1690. The number of hydrogen-bond acceptors (Lipinski definition) is 4. The molecular weight excluding hydrogens is 594 g/mol. The van der Waals surface area contributed by atoms with Crippen LogP contribution in [0.4, 0.5) is 5.69 Å². The van der Waals surface area contributed by atoms with Crippen molar-refractivity contribution in [3.05, 3.63) is 130 Å². The third-order valence-corrected chi connectivity index (χ3v) is 9.27. The number of halogens is 1. The molecule has 0 heterocycles. The van der Waals surface area contributed by atoms with Gasteiger partial charge in [-0.2, -0.15) is 0 Å². The Morgan fingerprint density at radius 1 is 0.795 bits per heavy atom. The Morgan fingerprint density at radius 2 is 1.43 bits per heavy atom. The number of nitrogens with one attached hydrogen (secondary N) is 1. The molecule has 0 aliphatic rings. The average molecular weight is 632 g/mol. The van der Waals surface area contributed by atoms with Gasteiger partial charge in [-0.05, 0) is 86.3 Å². The predicted molar refractivity (Wildman–Crippen MR) is 176 cm³/mol. The van der Waals surface area contributed by atoms with Gasteiger partial charge < -0.3 is 10.2 Å². The molecule has 0 aliphatic heterocycles. The molecule has 0 bridgehead atoms. The number of aryl methyl sites for hydroxylation is 3. The lowest BCUT2D eigenvalue weighted by atomic mass is 10.0. The second kappa shape index (κ2) is 14.6. The molecule has 0 fully saturated rings. The van der Waals surface area contributed by atoms with E-state index in [4.69, 9.17) is 11.6 Å². The molecule has 0 spiro atoms. The third kappa shape index (κ3) is 8.27. The van der Waals surface area contributed by atoms with Gasteiger partial charge in [0.25, 0.3) is 10.0 Å². The van der Waals surface area contributed by atoms with Crippen LogP contribution in [0.3, 0.4) is 0 Å². The molecule has 0 aromatic heterocycles. The summed E-state index contributed by atoms with van der Waals surface area (Å²) in [5.74, 6) is -0.849. The molecule has 230 valence electrons. The Labute approximate surface area is 265 Å². The Morgan fingerprint density at radius 3 is 2.05 bits per heavy atom. The summed E-state index contributed by atoms with van der Waals surface area (Å²) < 4.78 is 29.5. The van der Waals surface area contributed by atoms with E-state index in [0.717, 1.165) is 26.6 Å². The Kier molecular flexibility index (Phi) is 10.8. The van der Waals surface area contributed by atoms with Crippen molar-refractivity contribution in [1.82, 2.24) is 10.2 Å². The van der Waals surface area contributed by atoms with E-state index < -0.39 is 28.5 Å². The normalized spacial score (nSPS) is 11.9. The van der Waals surface area contributed by atoms with Crippen LogP contribution in [0.2, 0.25) is 5.02 Å². The summed E-state index contributed by atoms with van der Waals surface area (Å²) in [4.78, 5) is 29.6. The van der Waals surface area contributed by atoms with Gasteiger partial charge in [0.1, 0.15) is 12.6 Å². The summed E-state index contributed by atoms with van der Waals surface area (Å²) in [7, 11) is -4.16. The van der Waals surface area contributed by atoms with Crippen molar-refractivity contribution in [2.75, 3.05) is 17.4 Å². The molecule has 9 heteroatoms. The van der Waals surface area contributed by atoms with Crippen LogP contribution in [0.1, 0.15) is 34.7 Å².